The fourth-order valence-electron chi connectivity index (χ4n) is 1.80. The first-order valence-electron chi connectivity index (χ1n) is 5.44. The summed E-state index contributed by atoms with van der Waals surface area (Å²) >= 11 is 2.16. The topological polar surface area (TPSA) is 66.8 Å². The Morgan fingerprint density at radius 3 is 2.41 bits per heavy atom. The Morgan fingerprint density at radius 2 is 2.00 bits per heavy atom. The van der Waals surface area contributed by atoms with Gasteiger partial charge in [-0.1, -0.05) is 22.6 Å². The summed E-state index contributed by atoms with van der Waals surface area (Å²) in [5.74, 6) is -0.984. The van der Waals surface area contributed by atoms with Crippen LogP contribution in [0.5, 0.6) is 0 Å². The van der Waals surface area contributed by atoms with E-state index in [1.165, 1.54) is 4.90 Å². The number of alkyl halides is 1. The van der Waals surface area contributed by atoms with E-state index in [1.54, 1.807) is 27.7 Å². The third-order valence-electron chi connectivity index (χ3n) is 2.67. The molecule has 5 nitrogen and oxygen atoms in total. The standard InChI is InChI=1S/C11H18INO4/c1-10(2,3)17-9(16)13-6-7(12)5-11(13,4)8(14)15/h7H,5-6H2,1-4H3,(H,14,15)/t7-,11-/m1/s1. The Balaban J connectivity index is 2.88. The number of likely N-dealkylation sites (tertiary alicyclic amines) is 1. The molecule has 0 aromatic carbocycles. The minimum atomic E-state index is -1.16. The van der Waals surface area contributed by atoms with Gasteiger partial charge in [-0.25, -0.2) is 9.59 Å². The fraction of sp³-hybridized carbons (Fsp3) is 0.818. The lowest BCUT2D eigenvalue weighted by atomic mass is 10.00. The maximum atomic E-state index is 12.0. The second-order valence-corrected chi connectivity index (χ2v) is 7.23. The summed E-state index contributed by atoms with van der Waals surface area (Å²) in [6, 6.07) is 0. The summed E-state index contributed by atoms with van der Waals surface area (Å²) in [5, 5.41) is 9.26. The quantitative estimate of drug-likeness (QED) is 0.579. The van der Waals surface area contributed by atoms with Crippen molar-refractivity contribution < 1.29 is 19.4 Å². The van der Waals surface area contributed by atoms with Crippen LogP contribution in [0.1, 0.15) is 34.1 Å². The van der Waals surface area contributed by atoms with Crippen molar-refractivity contribution in [2.45, 2.75) is 49.2 Å². The van der Waals surface area contributed by atoms with E-state index in [-0.39, 0.29) is 3.92 Å². The van der Waals surface area contributed by atoms with Gasteiger partial charge in [0.15, 0.2) is 0 Å². The number of carbonyl (C=O) groups excluding carboxylic acids is 1. The molecule has 0 saturated carbocycles. The zero-order valence-corrected chi connectivity index (χ0v) is 12.6. The molecule has 0 bridgehead atoms. The zero-order valence-electron chi connectivity index (χ0n) is 10.5. The van der Waals surface area contributed by atoms with Gasteiger partial charge in [-0.3, -0.25) is 4.90 Å². The average Bonchev–Trinajstić information content (AvgIpc) is 2.40. The first kappa shape index (κ1) is 14.5. The number of carbonyl (C=O) groups is 2. The van der Waals surface area contributed by atoms with Gasteiger partial charge in [0.25, 0.3) is 0 Å². The molecule has 1 N–H and O–H groups in total. The number of aliphatic carboxylic acids is 1. The number of rotatable bonds is 1. The maximum absolute atomic E-state index is 12.0. The van der Waals surface area contributed by atoms with Crippen LogP contribution >= 0.6 is 22.6 Å². The third kappa shape index (κ3) is 3.23. The highest BCUT2D eigenvalue weighted by Crippen LogP contribution is 2.34. The number of nitrogens with zero attached hydrogens (tertiary/aromatic N) is 1. The number of hydrogen-bond donors (Lipinski definition) is 1. The Kier molecular flexibility index (Phi) is 3.95. The summed E-state index contributed by atoms with van der Waals surface area (Å²) < 4.78 is 5.38. The molecule has 2 atom stereocenters. The van der Waals surface area contributed by atoms with E-state index < -0.39 is 23.2 Å². The molecule has 17 heavy (non-hydrogen) atoms. The molecule has 1 heterocycles. The molecule has 1 fully saturated rings. The van der Waals surface area contributed by atoms with Crippen molar-refractivity contribution >= 4 is 34.7 Å². The molecule has 6 heteroatoms. The smallest absolute Gasteiger partial charge is 0.411 e. The monoisotopic (exact) mass is 355 g/mol. The van der Waals surface area contributed by atoms with Gasteiger partial charge >= 0.3 is 12.1 Å². The number of hydrogen-bond acceptors (Lipinski definition) is 3. The van der Waals surface area contributed by atoms with Crippen LogP contribution in [0.3, 0.4) is 0 Å². The lowest BCUT2D eigenvalue weighted by Crippen LogP contribution is -2.52. The van der Waals surface area contributed by atoms with Crippen molar-refractivity contribution in [3.8, 4) is 0 Å². The van der Waals surface area contributed by atoms with Gasteiger partial charge in [-0.15, -0.1) is 0 Å². The average molecular weight is 355 g/mol. The minimum Gasteiger partial charge on any atom is -0.480 e. The molecule has 98 valence electrons. The predicted molar refractivity (Wildman–Crippen MR) is 71.4 cm³/mol. The van der Waals surface area contributed by atoms with Gasteiger partial charge in [-0.05, 0) is 34.1 Å². The summed E-state index contributed by atoms with van der Waals surface area (Å²) in [5.41, 5.74) is -1.77. The van der Waals surface area contributed by atoms with Crippen LogP contribution in [0.25, 0.3) is 0 Å². The molecule has 0 unspecified atom stereocenters. The molecule has 1 amide bonds. The molecule has 1 aliphatic rings. The van der Waals surface area contributed by atoms with Crippen LogP contribution in [0.2, 0.25) is 0 Å². The van der Waals surface area contributed by atoms with Crippen LogP contribution in [0.15, 0.2) is 0 Å². The first-order valence-corrected chi connectivity index (χ1v) is 6.69. The van der Waals surface area contributed by atoms with Gasteiger partial charge in [-0.2, -0.15) is 0 Å². The van der Waals surface area contributed by atoms with E-state index in [9.17, 15) is 14.7 Å². The van der Waals surface area contributed by atoms with E-state index in [4.69, 9.17) is 4.74 Å². The highest BCUT2D eigenvalue weighted by molar-refractivity contribution is 14.1. The predicted octanol–water partition coefficient (Wildman–Crippen LogP) is 2.27. The van der Waals surface area contributed by atoms with Crippen molar-refractivity contribution in [1.82, 2.24) is 4.90 Å². The van der Waals surface area contributed by atoms with E-state index in [2.05, 4.69) is 22.6 Å². The normalized spacial score (nSPS) is 29.2. The van der Waals surface area contributed by atoms with Crippen LogP contribution in [0.4, 0.5) is 4.79 Å². The van der Waals surface area contributed by atoms with Crippen LogP contribution < -0.4 is 0 Å². The Morgan fingerprint density at radius 1 is 1.47 bits per heavy atom. The third-order valence-corrected chi connectivity index (χ3v) is 3.50. The molecular formula is C11H18INO4. The number of amides is 1. The molecule has 1 rings (SSSR count). The Bertz CT molecular complexity index is 339. The molecule has 0 radical (unpaired) electrons. The van der Waals surface area contributed by atoms with Gasteiger partial charge in [0, 0.05) is 10.5 Å². The number of carboxylic acid groups (broad SMARTS) is 1. The fourth-order valence-corrected chi connectivity index (χ4v) is 3.05. The highest BCUT2D eigenvalue weighted by atomic mass is 127. The molecular weight excluding hydrogens is 337 g/mol. The molecule has 0 aliphatic carbocycles. The lowest BCUT2D eigenvalue weighted by molar-refractivity contribution is -0.148. The van der Waals surface area contributed by atoms with Crippen molar-refractivity contribution in [3.63, 3.8) is 0 Å². The highest BCUT2D eigenvalue weighted by Gasteiger charge is 2.50. The van der Waals surface area contributed by atoms with Crippen LogP contribution in [-0.4, -0.2) is 43.7 Å². The van der Waals surface area contributed by atoms with Gasteiger partial charge < -0.3 is 9.84 Å². The summed E-state index contributed by atoms with van der Waals surface area (Å²) in [6.07, 6.45) is -0.108. The molecule has 0 aromatic heterocycles. The zero-order chi connectivity index (χ0) is 13.4. The van der Waals surface area contributed by atoms with Crippen molar-refractivity contribution in [3.05, 3.63) is 0 Å². The van der Waals surface area contributed by atoms with E-state index in [0.29, 0.717) is 13.0 Å². The Labute approximate surface area is 115 Å². The van der Waals surface area contributed by atoms with Gasteiger partial charge in [0.2, 0.25) is 0 Å². The van der Waals surface area contributed by atoms with Crippen molar-refractivity contribution in [1.29, 1.82) is 0 Å². The summed E-state index contributed by atoms with van der Waals surface area (Å²) in [6.45, 7) is 7.28. The molecule has 0 spiro atoms. The Hall–Kier alpha value is -0.530. The van der Waals surface area contributed by atoms with Gasteiger partial charge in [0.05, 0.1) is 0 Å². The second-order valence-electron chi connectivity index (χ2n) is 5.47. The number of ether oxygens (including phenoxy) is 1. The number of carboxylic acids is 1. The van der Waals surface area contributed by atoms with E-state index in [1.807, 2.05) is 0 Å². The van der Waals surface area contributed by atoms with Gasteiger partial charge in [0.1, 0.15) is 11.1 Å². The van der Waals surface area contributed by atoms with Crippen LogP contribution in [-0.2, 0) is 9.53 Å². The van der Waals surface area contributed by atoms with E-state index in [0.717, 1.165) is 0 Å². The SMILES string of the molecule is CC(C)(C)OC(=O)N1C[C@H](I)C[C@]1(C)C(=O)O. The molecule has 0 aromatic rings. The van der Waals surface area contributed by atoms with E-state index >= 15 is 0 Å². The van der Waals surface area contributed by atoms with Crippen molar-refractivity contribution in [2.75, 3.05) is 6.54 Å². The summed E-state index contributed by atoms with van der Waals surface area (Å²) in [7, 11) is 0. The second kappa shape index (κ2) is 4.62. The first-order chi connectivity index (χ1) is 7.56. The maximum Gasteiger partial charge on any atom is 0.411 e. The summed E-state index contributed by atoms with van der Waals surface area (Å²) in [4.78, 5) is 24.6. The minimum absolute atomic E-state index is 0.140. The molecule has 1 saturated heterocycles. The molecule has 1 aliphatic heterocycles. The largest absolute Gasteiger partial charge is 0.480 e. The van der Waals surface area contributed by atoms with Crippen LogP contribution in [0, 0.1) is 0 Å². The van der Waals surface area contributed by atoms with Crippen molar-refractivity contribution in [2.24, 2.45) is 0 Å². The lowest BCUT2D eigenvalue weighted by Gasteiger charge is -2.32. The number of halogens is 1.